The number of methoxy groups -OCH3 is 4. The van der Waals surface area contributed by atoms with Gasteiger partial charge in [-0.1, -0.05) is 12.1 Å². The minimum atomic E-state index is 0.348. The molecule has 0 aromatic heterocycles. The van der Waals surface area contributed by atoms with Crippen molar-refractivity contribution in [3.05, 3.63) is 71.8 Å². The van der Waals surface area contributed by atoms with E-state index >= 15 is 0 Å². The van der Waals surface area contributed by atoms with Crippen molar-refractivity contribution in [2.24, 2.45) is 0 Å². The van der Waals surface area contributed by atoms with Gasteiger partial charge in [0.1, 0.15) is 36.2 Å². The van der Waals surface area contributed by atoms with Crippen LogP contribution in [0.1, 0.15) is 11.1 Å². The summed E-state index contributed by atoms with van der Waals surface area (Å²) >= 11 is 0. The second-order valence-corrected chi connectivity index (χ2v) is 6.47. The van der Waals surface area contributed by atoms with Gasteiger partial charge in [0.05, 0.1) is 28.4 Å². The Morgan fingerprint density at radius 3 is 1.13 bits per heavy atom. The van der Waals surface area contributed by atoms with Gasteiger partial charge in [-0.25, -0.2) is 0 Å². The molecule has 0 bridgehead atoms. The van der Waals surface area contributed by atoms with Gasteiger partial charge in [0.25, 0.3) is 0 Å². The molecule has 0 amide bonds. The van der Waals surface area contributed by atoms with Gasteiger partial charge < -0.3 is 28.4 Å². The summed E-state index contributed by atoms with van der Waals surface area (Å²) in [5.74, 6) is 4.14. The number of hydrogen-bond acceptors (Lipinski definition) is 6. The average molecular weight is 410 g/mol. The molecule has 0 saturated carbocycles. The molecule has 0 radical (unpaired) electrons. The van der Waals surface area contributed by atoms with Crippen molar-refractivity contribution in [1.29, 1.82) is 0 Å². The molecule has 0 aliphatic rings. The molecular weight excluding hydrogens is 384 g/mol. The summed E-state index contributed by atoms with van der Waals surface area (Å²) < 4.78 is 33.3. The molecule has 0 N–H and O–H groups in total. The van der Waals surface area contributed by atoms with Crippen LogP contribution in [-0.4, -0.2) is 28.4 Å². The zero-order valence-electron chi connectivity index (χ0n) is 17.6. The fourth-order valence-electron chi connectivity index (χ4n) is 2.91. The summed E-state index contributed by atoms with van der Waals surface area (Å²) in [6.07, 6.45) is 0. The summed E-state index contributed by atoms with van der Waals surface area (Å²) in [7, 11) is 6.48. The van der Waals surface area contributed by atoms with Crippen LogP contribution >= 0.6 is 0 Å². The van der Waals surface area contributed by atoms with Crippen LogP contribution in [0.4, 0.5) is 0 Å². The first kappa shape index (κ1) is 21.2. The fourth-order valence-corrected chi connectivity index (χ4v) is 2.91. The molecule has 0 atom stereocenters. The lowest BCUT2D eigenvalue weighted by Crippen LogP contribution is -2.01. The third kappa shape index (κ3) is 5.50. The Kier molecular flexibility index (Phi) is 7.27. The van der Waals surface area contributed by atoms with Crippen LogP contribution in [0.5, 0.6) is 34.5 Å². The quantitative estimate of drug-likeness (QED) is 0.475. The maximum absolute atomic E-state index is 6.01. The van der Waals surface area contributed by atoms with Crippen LogP contribution in [-0.2, 0) is 13.2 Å². The monoisotopic (exact) mass is 410 g/mol. The molecule has 0 spiro atoms. The molecule has 0 saturated heterocycles. The van der Waals surface area contributed by atoms with Gasteiger partial charge in [-0.2, -0.15) is 0 Å². The minimum absolute atomic E-state index is 0.348. The van der Waals surface area contributed by atoms with Gasteiger partial charge in [-0.05, 0) is 47.5 Å². The number of hydrogen-bond donors (Lipinski definition) is 0. The van der Waals surface area contributed by atoms with E-state index in [9.17, 15) is 0 Å². The van der Waals surface area contributed by atoms with Crippen LogP contribution in [0.15, 0.2) is 60.7 Å². The van der Waals surface area contributed by atoms with Crippen LogP contribution in [0.3, 0.4) is 0 Å². The average Bonchev–Trinajstić information content (AvgIpc) is 2.81. The van der Waals surface area contributed by atoms with E-state index in [1.807, 2.05) is 60.7 Å². The Balaban J connectivity index is 1.71. The van der Waals surface area contributed by atoms with Crippen molar-refractivity contribution in [3.63, 3.8) is 0 Å². The van der Waals surface area contributed by atoms with E-state index in [2.05, 4.69) is 0 Å². The first-order chi connectivity index (χ1) is 14.6. The first-order valence-corrected chi connectivity index (χ1v) is 9.43. The molecule has 0 unspecified atom stereocenters. The van der Waals surface area contributed by atoms with Crippen molar-refractivity contribution in [2.45, 2.75) is 13.2 Å². The Labute approximate surface area is 176 Å². The van der Waals surface area contributed by atoms with Crippen LogP contribution in [0.2, 0.25) is 0 Å². The summed E-state index contributed by atoms with van der Waals surface area (Å²) in [5.41, 5.74) is 1.86. The Bertz CT molecular complexity index is 847. The van der Waals surface area contributed by atoms with Crippen molar-refractivity contribution in [3.8, 4) is 34.5 Å². The molecule has 0 fully saturated rings. The SMILES string of the molecule is COc1cc(COc2ccccc2OCc2cc(OC)cc(OC)c2)cc(OC)c1. The molecule has 30 heavy (non-hydrogen) atoms. The van der Waals surface area contributed by atoms with E-state index < -0.39 is 0 Å². The standard InChI is InChI=1S/C24H26O6/c1-25-19-9-17(10-20(13-19)26-2)15-29-23-7-5-6-8-24(23)30-16-18-11-21(27-3)14-22(12-18)28-4/h5-14H,15-16H2,1-4H3. The maximum atomic E-state index is 6.01. The van der Waals surface area contributed by atoms with E-state index in [0.29, 0.717) is 47.7 Å². The molecule has 0 heterocycles. The highest BCUT2D eigenvalue weighted by molar-refractivity contribution is 5.42. The lowest BCUT2D eigenvalue weighted by atomic mass is 10.2. The summed E-state index contributed by atoms with van der Waals surface area (Å²) in [5, 5.41) is 0. The summed E-state index contributed by atoms with van der Waals surface area (Å²) in [6.45, 7) is 0.696. The number of rotatable bonds is 10. The van der Waals surface area contributed by atoms with E-state index in [-0.39, 0.29) is 0 Å². The first-order valence-electron chi connectivity index (χ1n) is 9.43. The number of para-hydroxylation sites is 2. The molecule has 3 aromatic carbocycles. The topological polar surface area (TPSA) is 55.4 Å². The zero-order chi connectivity index (χ0) is 21.3. The van der Waals surface area contributed by atoms with Crippen molar-refractivity contribution in [1.82, 2.24) is 0 Å². The van der Waals surface area contributed by atoms with Crippen molar-refractivity contribution < 1.29 is 28.4 Å². The normalized spacial score (nSPS) is 10.3. The van der Waals surface area contributed by atoms with Crippen molar-refractivity contribution in [2.75, 3.05) is 28.4 Å². The summed E-state index contributed by atoms with van der Waals surface area (Å²) in [6, 6.07) is 18.8. The smallest absolute Gasteiger partial charge is 0.161 e. The van der Waals surface area contributed by atoms with E-state index in [0.717, 1.165) is 11.1 Å². The Hall–Kier alpha value is -3.54. The van der Waals surface area contributed by atoms with Crippen LogP contribution in [0.25, 0.3) is 0 Å². The van der Waals surface area contributed by atoms with Crippen LogP contribution < -0.4 is 28.4 Å². The lowest BCUT2D eigenvalue weighted by Gasteiger charge is -2.14. The molecule has 3 rings (SSSR count). The molecular formula is C24H26O6. The van der Waals surface area contributed by atoms with E-state index in [1.165, 1.54) is 0 Å². The van der Waals surface area contributed by atoms with Gasteiger partial charge in [-0.15, -0.1) is 0 Å². The predicted molar refractivity (Wildman–Crippen MR) is 114 cm³/mol. The molecule has 6 heteroatoms. The number of benzene rings is 3. The van der Waals surface area contributed by atoms with E-state index in [1.54, 1.807) is 28.4 Å². The molecule has 0 aliphatic heterocycles. The maximum Gasteiger partial charge on any atom is 0.161 e. The highest BCUT2D eigenvalue weighted by Gasteiger charge is 2.09. The van der Waals surface area contributed by atoms with Gasteiger partial charge in [0, 0.05) is 12.1 Å². The Morgan fingerprint density at radius 1 is 0.500 bits per heavy atom. The van der Waals surface area contributed by atoms with Gasteiger partial charge >= 0.3 is 0 Å². The molecule has 6 nitrogen and oxygen atoms in total. The second-order valence-electron chi connectivity index (χ2n) is 6.47. The molecule has 158 valence electrons. The number of ether oxygens (including phenoxy) is 6. The highest BCUT2D eigenvalue weighted by Crippen LogP contribution is 2.30. The minimum Gasteiger partial charge on any atom is -0.497 e. The Morgan fingerprint density at radius 2 is 0.833 bits per heavy atom. The third-order valence-electron chi connectivity index (χ3n) is 4.46. The lowest BCUT2D eigenvalue weighted by molar-refractivity contribution is 0.254. The van der Waals surface area contributed by atoms with Crippen molar-refractivity contribution >= 4 is 0 Å². The largest absolute Gasteiger partial charge is 0.497 e. The van der Waals surface area contributed by atoms with Gasteiger partial charge in [0.2, 0.25) is 0 Å². The predicted octanol–water partition coefficient (Wildman–Crippen LogP) is 4.88. The zero-order valence-corrected chi connectivity index (χ0v) is 17.6. The van der Waals surface area contributed by atoms with E-state index in [4.69, 9.17) is 28.4 Å². The summed E-state index contributed by atoms with van der Waals surface area (Å²) in [4.78, 5) is 0. The highest BCUT2D eigenvalue weighted by atomic mass is 16.5. The molecule has 0 aliphatic carbocycles. The van der Waals surface area contributed by atoms with Crippen LogP contribution in [0, 0.1) is 0 Å². The fraction of sp³-hybridized carbons (Fsp3) is 0.250. The second kappa shape index (κ2) is 10.3. The third-order valence-corrected chi connectivity index (χ3v) is 4.46. The van der Waals surface area contributed by atoms with Gasteiger partial charge in [0.15, 0.2) is 11.5 Å². The van der Waals surface area contributed by atoms with Gasteiger partial charge in [-0.3, -0.25) is 0 Å². The molecule has 3 aromatic rings.